The normalized spacial score (nSPS) is 11.1. The van der Waals surface area contributed by atoms with Crippen molar-refractivity contribution in [3.8, 4) is 5.75 Å². The summed E-state index contributed by atoms with van der Waals surface area (Å²) in [6.07, 6.45) is 2.04. The van der Waals surface area contributed by atoms with Gasteiger partial charge in [0.15, 0.2) is 5.96 Å². The summed E-state index contributed by atoms with van der Waals surface area (Å²) in [6, 6.07) is 9.30. The summed E-state index contributed by atoms with van der Waals surface area (Å²) in [4.78, 5) is 6.75. The predicted octanol–water partition coefficient (Wildman–Crippen LogP) is 3.71. The fourth-order valence-electron chi connectivity index (χ4n) is 2.33. The molecule has 0 saturated heterocycles. The van der Waals surface area contributed by atoms with Crippen LogP contribution >= 0.6 is 39.9 Å². The van der Waals surface area contributed by atoms with Gasteiger partial charge in [0, 0.05) is 37.0 Å². The summed E-state index contributed by atoms with van der Waals surface area (Å²) in [6.45, 7) is 4.14. The summed E-state index contributed by atoms with van der Waals surface area (Å²) in [7, 11) is 4.05. The molecule has 2 rings (SSSR count). The third-order valence-corrected chi connectivity index (χ3v) is 3.93. The molecular weight excluding hydrogens is 483 g/mol. The van der Waals surface area contributed by atoms with E-state index in [2.05, 4.69) is 48.7 Å². The standard InChI is InChI=1S/C17H23BrN4O.HI/c1-4-19-17(20-10-13-6-5-7-16(23)8-13)22(3)12-15-9-14(18)11-21(15)2;/h5-9,11,23H,4,10,12H2,1-3H3,(H,19,20);1H. The lowest BCUT2D eigenvalue weighted by Crippen LogP contribution is -2.38. The van der Waals surface area contributed by atoms with E-state index in [0.29, 0.717) is 6.54 Å². The zero-order valence-electron chi connectivity index (χ0n) is 14.2. The molecule has 0 saturated carbocycles. The molecule has 132 valence electrons. The second kappa shape index (κ2) is 9.93. The predicted molar refractivity (Wildman–Crippen MR) is 113 cm³/mol. The van der Waals surface area contributed by atoms with Crippen LogP contribution in [0.2, 0.25) is 0 Å². The molecule has 0 fully saturated rings. The number of hydrogen-bond donors (Lipinski definition) is 2. The number of aromatic hydroxyl groups is 1. The Morgan fingerprint density at radius 2 is 2.12 bits per heavy atom. The molecule has 1 heterocycles. The SMILES string of the molecule is CCNC(=NCc1cccc(O)c1)N(C)Cc1cc(Br)cn1C.I. The maximum Gasteiger partial charge on any atom is 0.194 e. The minimum absolute atomic E-state index is 0. The largest absolute Gasteiger partial charge is 0.508 e. The second-order valence-electron chi connectivity index (χ2n) is 5.46. The van der Waals surface area contributed by atoms with E-state index in [1.54, 1.807) is 12.1 Å². The van der Waals surface area contributed by atoms with Crippen LogP contribution in [0.5, 0.6) is 5.75 Å². The molecule has 2 aromatic rings. The Morgan fingerprint density at radius 3 is 2.71 bits per heavy atom. The summed E-state index contributed by atoms with van der Waals surface area (Å²) in [5.41, 5.74) is 2.18. The zero-order chi connectivity index (χ0) is 16.8. The van der Waals surface area contributed by atoms with E-state index in [-0.39, 0.29) is 29.7 Å². The molecule has 0 radical (unpaired) electrons. The first-order chi connectivity index (χ1) is 11.0. The van der Waals surface area contributed by atoms with Gasteiger partial charge in [0.2, 0.25) is 0 Å². The van der Waals surface area contributed by atoms with Crippen molar-refractivity contribution in [3.63, 3.8) is 0 Å². The molecule has 0 atom stereocenters. The fourth-order valence-corrected chi connectivity index (χ4v) is 2.90. The topological polar surface area (TPSA) is 52.8 Å². The van der Waals surface area contributed by atoms with Crippen LogP contribution in [0.25, 0.3) is 0 Å². The van der Waals surface area contributed by atoms with Crippen LogP contribution in [-0.4, -0.2) is 34.1 Å². The molecule has 0 amide bonds. The Kier molecular flexibility index (Phi) is 8.61. The lowest BCUT2D eigenvalue weighted by atomic mass is 10.2. The monoisotopic (exact) mass is 506 g/mol. The van der Waals surface area contributed by atoms with Gasteiger partial charge in [-0.3, -0.25) is 0 Å². The number of benzene rings is 1. The Balaban J connectivity index is 0.00000288. The van der Waals surface area contributed by atoms with Gasteiger partial charge in [0.1, 0.15) is 5.75 Å². The Morgan fingerprint density at radius 1 is 1.38 bits per heavy atom. The Hall–Kier alpha value is -1.22. The lowest BCUT2D eigenvalue weighted by molar-refractivity contribution is 0.461. The maximum absolute atomic E-state index is 9.54. The van der Waals surface area contributed by atoms with E-state index < -0.39 is 0 Å². The van der Waals surface area contributed by atoms with Crippen LogP contribution in [0.15, 0.2) is 46.0 Å². The number of aliphatic imine (C=N–C) groups is 1. The Bertz CT molecular complexity index is 687. The quantitative estimate of drug-likeness (QED) is 0.369. The van der Waals surface area contributed by atoms with Crippen molar-refractivity contribution in [1.29, 1.82) is 0 Å². The number of phenols is 1. The molecule has 0 aliphatic heterocycles. The molecule has 0 spiro atoms. The molecular formula is C17H24BrIN4O. The first-order valence-electron chi connectivity index (χ1n) is 7.57. The third-order valence-electron chi connectivity index (χ3n) is 3.49. The number of rotatable bonds is 5. The van der Waals surface area contributed by atoms with Crippen LogP contribution in [0.3, 0.4) is 0 Å². The molecule has 7 heteroatoms. The fraction of sp³-hybridized carbons (Fsp3) is 0.353. The number of guanidine groups is 1. The molecule has 0 aliphatic carbocycles. The molecule has 0 unspecified atom stereocenters. The molecule has 5 nitrogen and oxygen atoms in total. The Labute approximate surface area is 168 Å². The van der Waals surface area contributed by atoms with Crippen LogP contribution < -0.4 is 5.32 Å². The van der Waals surface area contributed by atoms with Gasteiger partial charge in [-0.25, -0.2) is 4.99 Å². The molecule has 24 heavy (non-hydrogen) atoms. The van der Waals surface area contributed by atoms with Crippen molar-refractivity contribution in [1.82, 2.24) is 14.8 Å². The minimum atomic E-state index is 0. The number of aromatic nitrogens is 1. The van der Waals surface area contributed by atoms with E-state index in [4.69, 9.17) is 0 Å². The van der Waals surface area contributed by atoms with Gasteiger partial charge in [-0.1, -0.05) is 12.1 Å². The average molecular weight is 507 g/mol. The minimum Gasteiger partial charge on any atom is -0.508 e. The summed E-state index contributed by atoms with van der Waals surface area (Å²) in [5, 5.41) is 12.8. The highest BCUT2D eigenvalue weighted by Gasteiger charge is 2.09. The van der Waals surface area contributed by atoms with Crippen LogP contribution in [0.1, 0.15) is 18.2 Å². The number of phenolic OH excluding ortho intramolecular Hbond substituents is 1. The van der Waals surface area contributed by atoms with Gasteiger partial charge >= 0.3 is 0 Å². The summed E-state index contributed by atoms with van der Waals surface area (Å²) in [5.74, 6) is 1.11. The van der Waals surface area contributed by atoms with E-state index in [1.807, 2.05) is 32.4 Å². The number of halogens is 2. The summed E-state index contributed by atoms with van der Waals surface area (Å²) < 4.78 is 3.17. The number of hydrogen-bond acceptors (Lipinski definition) is 2. The number of nitrogens with one attached hydrogen (secondary N) is 1. The van der Waals surface area contributed by atoms with Gasteiger partial charge in [-0.2, -0.15) is 0 Å². The van der Waals surface area contributed by atoms with E-state index >= 15 is 0 Å². The van der Waals surface area contributed by atoms with Crippen LogP contribution in [-0.2, 0) is 20.1 Å². The number of aryl methyl sites for hydroxylation is 1. The van der Waals surface area contributed by atoms with E-state index in [0.717, 1.165) is 29.1 Å². The maximum atomic E-state index is 9.54. The van der Waals surface area contributed by atoms with Gasteiger partial charge in [0.05, 0.1) is 13.1 Å². The van der Waals surface area contributed by atoms with Crippen LogP contribution in [0.4, 0.5) is 0 Å². The highest BCUT2D eigenvalue weighted by Crippen LogP contribution is 2.15. The summed E-state index contributed by atoms with van der Waals surface area (Å²) >= 11 is 3.50. The third kappa shape index (κ3) is 6.01. The highest BCUT2D eigenvalue weighted by atomic mass is 127. The van der Waals surface area contributed by atoms with Gasteiger partial charge < -0.3 is 19.9 Å². The first kappa shape index (κ1) is 20.8. The lowest BCUT2D eigenvalue weighted by Gasteiger charge is -2.22. The van der Waals surface area contributed by atoms with E-state index in [9.17, 15) is 5.11 Å². The molecule has 0 bridgehead atoms. The van der Waals surface area contributed by atoms with Crippen molar-refractivity contribution in [3.05, 3.63) is 52.3 Å². The molecule has 1 aromatic heterocycles. The molecule has 2 N–H and O–H groups in total. The van der Waals surface area contributed by atoms with Crippen molar-refractivity contribution < 1.29 is 5.11 Å². The van der Waals surface area contributed by atoms with Crippen molar-refractivity contribution in [2.24, 2.45) is 12.0 Å². The van der Waals surface area contributed by atoms with Gasteiger partial charge in [-0.15, -0.1) is 24.0 Å². The van der Waals surface area contributed by atoms with Crippen molar-refractivity contribution in [2.75, 3.05) is 13.6 Å². The average Bonchev–Trinajstić information content (AvgIpc) is 2.81. The molecule has 0 aliphatic rings. The first-order valence-corrected chi connectivity index (χ1v) is 8.37. The number of nitrogens with zero attached hydrogens (tertiary/aromatic N) is 3. The van der Waals surface area contributed by atoms with Crippen molar-refractivity contribution >= 4 is 45.9 Å². The van der Waals surface area contributed by atoms with Crippen LogP contribution in [0, 0.1) is 0 Å². The zero-order valence-corrected chi connectivity index (χ0v) is 18.1. The van der Waals surface area contributed by atoms with E-state index in [1.165, 1.54) is 5.69 Å². The molecule has 1 aromatic carbocycles. The van der Waals surface area contributed by atoms with Crippen molar-refractivity contribution in [2.45, 2.75) is 20.0 Å². The van der Waals surface area contributed by atoms with Gasteiger partial charge in [-0.05, 0) is 46.6 Å². The van der Waals surface area contributed by atoms with Gasteiger partial charge in [0.25, 0.3) is 0 Å². The highest BCUT2D eigenvalue weighted by molar-refractivity contribution is 14.0. The second-order valence-corrected chi connectivity index (χ2v) is 6.37. The smallest absolute Gasteiger partial charge is 0.194 e.